The van der Waals surface area contributed by atoms with E-state index in [0.29, 0.717) is 17.8 Å². The van der Waals surface area contributed by atoms with Crippen LogP contribution in [-0.2, 0) is 0 Å². The summed E-state index contributed by atoms with van der Waals surface area (Å²) in [5.41, 5.74) is 0. The number of hydrogen-bond acceptors (Lipinski definition) is 2. The minimum absolute atomic E-state index is 0.187. The first kappa shape index (κ1) is 9.47. The van der Waals surface area contributed by atoms with Gasteiger partial charge < -0.3 is 10.2 Å². The van der Waals surface area contributed by atoms with Crippen LogP contribution >= 0.6 is 0 Å². The highest BCUT2D eigenvalue weighted by Crippen LogP contribution is 2.49. The zero-order valence-electron chi connectivity index (χ0n) is 8.48. The molecule has 2 aliphatic carbocycles. The summed E-state index contributed by atoms with van der Waals surface area (Å²) in [7, 11) is 0. The van der Waals surface area contributed by atoms with Gasteiger partial charge in [0.15, 0.2) is 0 Å². The van der Waals surface area contributed by atoms with Gasteiger partial charge in [-0.05, 0) is 37.0 Å². The van der Waals surface area contributed by atoms with E-state index in [9.17, 15) is 10.2 Å². The molecule has 2 rings (SSSR count). The van der Waals surface area contributed by atoms with Crippen LogP contribution in [-0.4, -0.2) is 22.4 Å². The van der Waals surface area contributed by atoms with Gasteiger partial charge in [-0.25, -0.2) is 0 Å². The highest BCUT2D eigenvalue weighted by atomic mass is 16.3. The molecular formula is C11H20O2. The van der Waals surface area contributed by atoms with E-state index < -0.39 is 0 Å². The van der Waals surface area contributed by atoms with Crippen LogP contribution in [0.5, 0.6) is 0 Å². The van der Waals surface area contributed by atoms with Crippen molar-refractivity contribution in [2.24, 2.45) is 23.7 Å². The fraction of sp³-hybridized carbons (Fsp3) is 1.00. The Labute approximate surface area is 80.0 Å². The van der Waals surface area contributed by atoms with Crippen molar-refractivity contribution in [3.05, 3.63) is 0 Å². The molecule has 0 saturated heterocycles. The van der Waals surface area contributed by atoms with E-state index in [4.69, 9.17) is 0 Å². The van der Waals surface area contributed by atoms with Crippen LogP contribution < -0.4 is 0 Å². The van der Waals surface area contributed by atoms with E-state index in [1.807, 2.05) is 0 Å². The molecule has 0 aromatic rings. The lowest BCUT2D eigenvalue weighted by Gasteiger charge is -2.23. The van der Waals surface area contributed by atoms with Gasteiger partial charge in [-0.15, -0.1) is 0 Å². The first-order chi connectivity index (χ1) is 6.11. The molecule has 0 radical (unpaired) electrons. The molecule has 2 fully saturated rings. The monoisotopic (exact) mass is 184 g/mol. The number of rotatable bonds is 1. The van der Waals surface area contributed by atoms with Crippen LogP contribution in [0, 0.1) is 23.7 Å². The van der Waals surface area contributed by atoms with Gasteiger partial charge in [-0.2, -0.15) is 0 Å². The molecule has 5 atom stereocenters. The topological polar surface area (TPSA) is 40.5 Å². The molecule has 0 bridgehead atoms. The maximum absolute atomic E-state index is 10.0. The molecule has 13 heavy (non-hydrogen) atoms. The summed E-state index contributed by atoms with van der Waals surface area (Å²) >= 11 is 0. The Balaban J connectivity index is 2.10. The zero-order valence-corrected chi connectivity index (χ0v) is 8.48. The van der Waals surface area contributed by atoms with E-state index in [-0.39, 0.29) is 18.1 Å². The Bertz CT molecular complexity index is 191. The predicted molar refractivity (Wildman–Crippen MR) is 51.2 cm³/mol. The Morgan fingerprint density at radius 1 is 1.15 bits per heavy atom. The lowest BCUT2D eigenvalue weighted by molar-refractivity contribution is 0.0116. The van der Waals surface area contributed by atoms with Crippen molar-refractivity contribution in [2.45, 2.75) is 45.3 Å². The summed E-state index contributed by atoms with van der Waals surface area (Å²) in [4.78, 5) is 0. The van der Waals surface area contributed by atoms with Crippen molar-refractivity contribution in [1.29, 1.82) is 0 Å². The Hall–Kier alpha value is -0.0800. The molecule has 0 heterocycles. The van der Waals surface area contributed by atoms with Crippen LogP contribution in [0.1, 0.15) is 33.1 Å². The molecule has 0 aromatic heterocycles. The first-order valence-corrected chi connectivity index (χ1v) is 5.47. The molecule has 2 nitrogen and oxygen atoms in total. The van der Waals surface area contributed by atoms with Gasteiger partial charge in [0.1, 0.15) is 0 Å². The summed E-state index contributed by atoms with van der Waals surface area (Å²) in [5, 5.41) is 19.7. The third kappa shape index (κ3) is 1.40. The van der Waals surface area contributed by atoms with Crippen LogP contribution in [0.15, 0.2) is 0 Å². The lowest BCUT2D eigenvalue weighted by atomic mass is 9.89. The summed E-state index contributed by atoms with van der Waals surface area (Å²) in [6.07, 6.45) is 2.66. The molecule has 2 saturated carbocycles. The van der Waals surface area contributed by atoms with Crippen LogP contribution in [0.25, 0.3) is 0 Å². The molecule has 2 N–H and O–H groups in total. The van der Waals surface area contributed by atoms with Crippen LogP contribution in [0.2, 0.25) is 0 Å². The van der Waals surface area contributed by atoms with Crippen LogP contribution in [0.3, 0.4) is 0 Å². The maximum atomic E-state index is 10.0. The summed E-state index contributed by atoms with van der Waals surface area (Å²) in [6, 6.07) is 0. The smallest absolute Gasteiger partial charge is 0.0626 e. The number of fused-ring (bicyclic) bond motifs is 1. The normalized spacial score (nSPS) is 50.1. The quantitative estimate of drug-likeness (QED) is 0.647. The minimum atomic E-state index is -0.248. The molecule has 2 aliphatic rings. The fourth-order valence-corrected chi connectivity index (χ4v) is 3.31. The Kier molecular flexibility index (Phi) is 2.37. The highest BCUT2D eigenvalue weighted by Gasteiger charge is 2.49. The van der Waals surface area contributed by atoms with Gasteiger partial charge in [0, 0.05) is 5.92 Å². The lowest BCUT2D eigenvalue weighted by Crippen LogP contribution is -2.31. The largest absolute Gasteiger partial charge is 0.393 e. The second-order valence-corrected chi connectivity index (χ2v) is 5.12. The number of hydrogen-bond donors (Lipinski definition) is 2. The van der Waals surface area contributed by atoms with Crippen molar-refractivity contribution in [3.8, 4) is 0 Å². The fourth-order valence-electron chi connectivity index (χ4n) is 3.31. The van der Waals surface area contributed by atoms with Gasteiger partial charge in [0.05, 0.1) is 12.2 Å². The summed E-state index contributed by atoms with van der Waals surface area (Å²) in [5.74, 6) is 1.75. The van der Waals surface area contributed by atoms with Gasteiger partial charge in [0.25, 0.3) is 0 Å². The van der Waals surface area contributed by atoms with E-state index in [1.54, 1.807) is 0 Å². The molecule has 0 aliphatic heterocycles. The van der Waals surface area contributed by atoms with E-state index in [0.717, 1.165) is 19.3 Å². The van der Waals surface area contributed by atoms with Gasteiger partial charge in [-0.3, -0.25) is 0 Å². The van der Waals surface area contributed by atoms with Crippen molar-refractivity contribution in [2.75, 3.05) is 0 Å². The van der Waals surface area contributed by atoms with Crippen molar-refractivity contribution < 1.29 is 10.2 Å². The average Bonchev–Trinajstić information content (AvgIpc) is 2.55. The van der Waals surface area contributed by atoms with E-state index >= 15 is 0 Å². The number of aliphatic hydroxyl groups is 2. The molecule has 0 aromatic carbocycles. The van der Waals surface area contributed by atoms with E-state index in [2.05, 4.69) is 13.8 Å². The Morgan fingerprint density at radius 2 is 1.85 bits per heavy atom. The molecule has 0 amide bonds. The van der Waals surface area contributed by atoms with Crippen molar-refractivity contribution in [1.82, 2.24) is 0 Å². The first-order valence-electron chi connectivity index (χ1n) is 5.47. The predicted octanol–water partition coefficient (Wildman–Crippen LogP) is 1.41. The van der Waals surface area contributed by atoms with Gasteiger partial charge >= 0.3 is 0 Å². The maximum Gasteiger partial charge on any atom is 0.0626 e. The number of aliphatic hydroxyl groups excluding tert-OH is 2. The second-order valence-electron chi connectivity index (χ2n) is 5.12. The zero-order chi connectivity index (χ0) is 9.59. The molecule has 0 spiro atoms. The Morgan fingerprint density at radius 3 is 2.38 bits per heavy atom. The standard InChI is InChI=1S/C11H20O2/c1-6(2)8-5-7-3-4-9(12)10(7)11(8)13/h6-13H,3-5H2,1-2H3. The molecule has 5 unspecified atom stereocenters. The van der Waals surface area contributed by atoms with E-state index in [1.165, 1.54) is 0 Å². The average molecular weight is 184 g/mol. The second kappa shape index (κ2) is 3.25. The van der Waals surface area contributed by atoms with Gasteiger partial charge in [-0.1, -0.05) is 13.8 Å². The van der Waals surface area contributed by atoms with Crippen molar-refractivity contribution in [3.63, 3.8) is 0 Å². The third-order valence-corrected chi connectivity index (χ3v) is 4.09. The van der Waals surface area contributed by atoms with Gasteiger partial charge in [0.2, 0.25) is 0 Å². The highest BCUT2D eigenvalue weighted by molar-refractivity contribution is 4.99. The van der Waals surface area contributed by atoms with Crippen molar-refractivity contribution >= 4 is 0 Å². The molecular weight excluding hydrogens is 164 g/mol. The molecule has 2 heteroatoms. The third-order valence-electron chi connectivity index (χ3n) is 4.09. The summed E-state index contributed by atoms with van der Waals surface area (Å²) < 4.78 is 0. The SMILES string of the molecule is CC(C)C1CC2CCC(O)C2C1O. The molecule has 76 valence electrons. The minimum Gasteiger partial charge on any atom is -0.393 e. The van der Waals surface area contributed by atoms with Crippen LogP contribution in [0.4, 0.5) is 0 Å². The summed E-state index contributed by atoms with van der Waals surface area (Å²) in [6.45, 7) is 4.34.